The Hall–Kier alpha value is -1.79. The van der Waals surface area contributed by atoms with Crippen LogP contribution in [0.2, 0.25) is 0 Å². The van der Waals surface area contributed by atoms with Gasteiger partial charge in [-0.2, -0.15) is 0 Å². The van der Waals surface area contributed by atoms with Gasteiger partial charge in [0, 0.05) is 13.0 Å². The van der Waals surface area contributed by atoms with Crippen molar-refractivity contribution in [2.75, 3.05) is 0 Å². The van der Waals surface area contributed by atoms with Crippen LogP contribution in [0, 0.1) is 5.92 Å². The average Bonchev–Trinajstić information content (AvgIpc) is 2.81. The molecule has 7 heteroatoms. The van der Waals surface area contributed by atoms with E-state index < -0.39 is 23.7 Å². The molecule has 1 aliphatic carbocycles. The van der Waals surface area contributed by atoms with E-state index in [0.717, 1.165) is 0 Å². The van der Waals surface area contributed by atoms with Gasteiger partial charge >= 0.3 is 12.1 Å². The number of hydrogen-bond donors (Lipinski definition) is 2. The maximum absolute atomic E-state index is 12.3. The number of fused-ring (bicyclic) bond motifs is 2. The van der Waals surface area contributed by atoms with Gasteiger partial charge in [-0.15, -0.1) is 0 Å². The van der Waals surface area contributed by atoms with Crippen LogP contribution in [0.5, 0.6) is 0 Å². The third-order valence-electron chi connectivity index (χ3n) is 3.91. The second-order valence-corrected chi connectivity index (χ2v) is 6.78. The van der Waals surface area contributed by atoms with Crippen molar-refractivity contribution in [1.82, 2.24) is 10.2 Å². The summed E-state index contributed by atoms with van der Waals surface area (Å²) in [5.41, 5.74) is -0.689. The molecule has 0 radical (unpaired) electrons. The Morgan fingerprint density at radius 3 is 2.33 bits per heavy atom. The number of carboxylic acids is 1. The van der Waals surface area contributed by atoms with E-state index in [2.05, 4.69) is 5.32 Å². The summed E-state index contributed by atoms with van der Waals surface area (Å²) in [6, 6.07) is -1.37. The first kappa shape index (κ1) is 15.6. The summed E-state index contributed by atoms with van der Waals surface area (Å²) in [4.78, 5) is 36.3. The SMILES string of the molecule is CC(=O)N[C@@H]1C[C@@H]2C[C@H]1N(C(=O)OC(C)(C)C)[C@@H]2C(=O)O. The fraction of sp³-hybridized carbons (Fsp3) is 0.786. The third-order valence-corrected chi connectivity index (χ3v) is 3.91. The van der Waals surface area contributed by atoms with Gasteiger partial charge < -0.3 is 15.2 Å². The maximum atomic E-state index is 12.3. The summed E-state index contributed by atoms with van der Waals surface area (Å²) < 4.78 is 5.32. The van der Waals surface area contributed by atoms with Crippen LogP contribution >= 0.6 is 0 Å². The number of nitrogens with zero attached hydrogens (tertiary/aromatic N) is 1. The second-order valence-electron chi connectivity index (χ2n) is 6.78. The zero-order valence-electron chi connectivity index (χ0n) is 12.8. The molecule has 0 spiro atoms. The Kier molecular flexibility index (Phi) is 3.86. The molecule has 2 aliphatic rings. The second kappa shape index (κ2) is 5.20. The molecule has 2 bridgehead atoms. The highest BCUT2D eigenvalue weighted by Crippen LogP contribution is 2.43. The van der Waals surface area contributed by atoms with E-state index in [9.17, 15) is 19.5 Å². The number of aliphatic carboxylic acids is 1. The van der Waals surface area contributed by atoms with E-state index in [4.69, 9.17) is 4.74 Å². The first-order valence-corrected chi connectivity index (χ1v) is 7.11. The van der Waals surface area contributed by atoms with E-state index in [1.807, 2.05) is 0 Å². The normalized spacial score (nSPS) is 31.1. The van der Waals surface area contributed by atoms with E-state index >= 15 is 0 Å². The van der Waals surface area contributed by atoms with E-state index in [1.165, 1.54) is 11.8 Å². The smallest absolute Gasteiger partial charge is 0.411 e. The molecule has 21 heavy (non-hydrogen) atoms. The molecule has 2 amide bonds. The molecule has 1 saturated heterocycles. The Bertz CT molecular complexity index is 470. The number of carbonyl (C=O) groups excluding carboxylic acids is 2. The van der Waals surface area contributed by atoms with Gasteiger partial charge in [-0.3, -0.25) is 9.69 Å². The summed E-state index contributed by atoms with van der Waals surface area (Å²) in [5.74, 6) is -1.34. The largest absolute Gasteiger partial charge is 0.480 e. The van der Waals surface area contributed by atoms with Gasteiger partial charge in [-0.05, 0) is 39.5 Å². The van der Waals surface area contributed by atoms with Crippen molar-refractivity contribution < 1.29 is 24.2 Å². The highest BCUT2D eigenvalue weighted by atomic mass is 16.6. The molecule has 1 saturated carbocycles. The predicted molar refractivity (Wildman–Crippen MR) is 73.6 cm³/mol. The Morgan fingerprint density at radius 2 is 1.86 bits per heavy atom. The van der Waals surface area contributed by atoms with Gasteiger partial charge in [-0.1, -0.05) is 0 Å². The zero-order valence-corrected chi connectivity index (χ0v) is 12.8. The number of hydrogen-bond acceptors (Lipinski definition) is 4. The van der Waals surface area contributed by atoms with E-state index in [-0.39, 0.29) is 23.9 Å². The molecular weight excluding hydrogens is 276 g/mol. The number of ether oxygens (including phenoxy) is 1. The summed E-state index contributed by atoms with van der Waals surface area (Å²) in [6.07, 6.45) is 0.541. The monoisotopic (exact) mass is 298 g/mol. The number of likely N-dealkylation sites (tertiary alicyclic amines) is 1. The summed E-state index contributed by atoms with van der Waals surface area (Å²) in [5, 5.41) is 12.2. The van der Waals surface area contributed by atoms with Crippen molar-refractivity contribution in [3.05, 3.63) is 0 Å². The van der Waals surface area contributed by atoms with Gasteiger partial charge in [0.25, 0.3) is 0 Å². The molecule has 4 atom stereocenters. The molecule has 0 unspecified atom stereocenters. The van der Waals surface area contributed by atoms with Crippen molar-refractivity contribution in [3.8, 4) is 0 Å². The average molecular weight is 298 g/mol. The molecule has 7 nitrogen and oxygen atoms in total. The Labute approximate surface area is 123 Å². The molecule has 2 fully saturated rings. The van der Waals surface area contributed by atoms with Crippen molar-refractivity contribution >= 4 is 18.0 Å². The van der Waals surface area contributed by atoms with Crippen molar-refractivity contribution in [3.63, 3.8) is 0 Å². The highest BCUT2D eigenvalue weighted by molar-refractivity contribution is 5.82. The molecular formula is C14H22N2O5. The number of carbonyl (C=O) groups is 3. The van der Waals surface area contributed by atoms with Crippen LogP contribution in [0.15, 0.2) is 0 Å². The standard InChI is InChI=1S/C14H22N2O5/c1-7(17)15-9-5-8-6-10(9)16(11(8)12(18)19)13(20)21-14(2,3)4/h8-11H,5-6H2,1-4H3,(H,15,17)(H,18,19)/t8-,9-,10-,11+/m1/s1. The number of rotatable bonds is 2. The van der Waals surface area contributed by atoms with Crippen molar-refractivity contribution in [2.45, 2.75) is 64.3 Å². The van der Waals surface area contributed by atoms with E-state index in [0.29, 0.717) is 12.8 Å². The van der Waals surface area contributed by atoms with Crippen LogP contribution in [0.4, 0.5) is 4.79 Å². The molecule has 2 N–H and O–H groups in total. The third kappa shape index (κ3) is 3.11. The van der Waals surface area contributed by atoms with Crippen LogP contribution in [-0.4, -0.2) is 51.7 Å². The van der Waals surface area contributed by atoms with Crippen molar-refractivity contribution in [2.24, 2.45) is 5.92 Å². The molecule has 2 rings (SSSR count). The fourth-order valence-corrected chi connectivity index (χ4v) is 3.35. The number of amides is 2. The maximum Gasteiger partial charge on any atom is 0.411 e. The minimum absolute atomic E-state index is 0.142. The summed E-state index contributed by atoms with van der Waals surface area (Å²) >= 11 is 0. The Balaban J connectivity index is 2.20. The van der Waals surface area contributed by atoms with Crippen LogP contribution in [0.1, 0.15) is 40.5 Å². The Morgan fingerprint density at radius 1 is 1.24 bits per heavy atom. The topological polar surface area (TPSA) is 95.9 Å². The fourth-order valence-electron chi connectivity index (χ4n) is 3.35. The number of nitrogens with one attached hydrogen (secondary N) is 1. The molecule has 1 heterocycles. The lowest BCUT2D eigenvalue weighted by Gasteiger charge is -2.38. The van der Waals surface area contributed by atoms with Crippen LogP contribution in [0.25, 0.3) is 0 Å². The minimum Gasteiger partial charge on any atom is -0.480 e. The molecule has 0 aromatic heterocycles. The molecule has 0 aromatic rings. The van der Waals surface area contributed by atoms with Gasteiger partial charge in [0.2, 0.25) is 5.91 Å². The van der Waals surface area contributed by atoms with Crippen LogP contribution in [0.3, 0.4) is 0 Å². The lowest BCUT2D eigenvalue weighted by Crippen LogP contribution is -2.58. The lowest BCUT2D eigenvalue weighted by atomic mass is 9.97. The summed E-state index contributed by atoms with van der Waals surface area (Å²) in [6.45, 7) is 6.62. The first-order valence-electron chi connectivity index (χ1n) is 7.11. The first-order chi connectivity index (χ1) is 9.60. The van der Waals surface area contributed by atoms with Crippen molar-refractivity contribution in [1.29, 1.82) is 0 Å². The van der Waals surface area contributed by atoms with Crippen LogP contribution in [-0.2, 0) is 14.3 Å². The predicted octanol–water partition coefficient (Wildman–Crippen LogP) is 0.974. The van der Waals surface area contributed by atoms with Gasteiger partial charge in [-0.25, -0.2) is 9.59 Å². The molecule has 118 valence electrons. The zero-order chi connectivity index (χ0) is 15.9. The van der Waals surface area contributed by atoms with Crippen LogP contribution < -0.4 is 5.32 Å². The van der Waals surface area contributed by atoms with E-state index in [1.54, 1.807) is 20.8 Å². The quantitative estimate of drug-likeness (QED) is 0.792. The minimum atomic E-state index is -1.02. The highest BCUT2D eigenvalue weighted by Gasteiger charge is 2.57. The van der Waals surface area contributed by atoms with Gasteiger partial charge in [0.15, 0.2) is 0 Å². The summed E-state index contributed by atoms with van der Waals surface area (Å²) in [7, 11) is 0. The van der Waals surface area contributed by atoms with Gasteiger partial charge in [0.05, 0.1) is 6.04 Å². The van der Waals surface area contributed by atoms with Gasteiger partial charge in [0.1, 0.15) is 11.6 Å². The number of piperidine rings is 1. The lowest BCUT2D eigenvalue weighted by molar-refractivity contribution is -0.145. The molecule has 0 aromatic carbocycles. The molecule has 1 aliphatic heterocycles. The number of carboxylic acid groups (broad SMARTS) is 1.